The molecule has 5 heteroatoms. The summed E-state index contributed by atoms with van der Waals surface area (Å²) >= 11 is 1.80. The Labute approximate surface area is 135 Å². The summed E-state index contributed by atoms with van der Waals surface area (Å²) in [6.45, 7) is 5.87. The summed E-state index contributed by atoms with van der Waals surface area (Å²) < 4.78 is 1.35. The zero-order valence-electron chi connectivity index (χ0n) is 11.9. The molecule has 0 aliphatic heterocycles. The van der Waals surface area contributed by atoms with E-state index in [0.717, 1.165) is 19.5 Å². The Balaban J connectivity index is 0.00000200. The summed E-state index contributed by atoms with van der Waals surface area (Å²) in [6, 6.07) is 8.51. The van der Waals surface area contributed by atoms with Crippen molar-refractivity contribution < 1.29 is 0 Å². The Morgan fingerprint density at radius 3 is 2.85 bits per heavy atom. The first-order valence-corrected chi connectivity index (χ1v) is 7.53. The van der Waals surface area contributed by atoms with E-state index < -0.39 is 0 Å². The van der Waals surface area contributed by atoms with Gasteiger partial charge in [-0.05, 0) is 34.7 Å². The monoisotopic (exact) mass is 355 g/mol. The van der Waals surface area contributed by atoms with Crippen molar-refractivity contribution in [3.05, 3.63) is 35.2 Å². The highest BCUT2D eigenvalue weighted by Gasteiger charge is 2.03. The number of nitrogens with one attached hydrogen (secondary N) is 1. The molecular weight excluding hydrogens is 334 g/mol. The van der Waals surface area contributed by atoms with Gasteiger partial charge in [0.15, 0.2) is 5.96 Å². The molecule has 0 saturated carbocycles. The van der Waals surface area contributed by atoms with Gasteiger partial charge in [-0.15, -0.1) is 28.3 Å². The second kappa shape index (κ2) is 8.27. The number of halogens is 1. The number of rotatable bonds is 5. The van der Waals surface area contributed by atoms with Crippen LogP contribution in [0.3, 0.4) is 0 Å². The van der Waals surface area contributed by atoms with Gasteiger partial charge in [-0.1, -0.05) is 32.0 Å². The molecular formula is C15H22BrN3S. The standard InChI is InChI=1S/C15H21N3S.BrH/c1-11(2)9-18-15(16)17-8-7-12-10-19-14-6-4-3-5-13(12)14;/h3-6,10-11H,7-9H2,1-2H3,(H3,16,17,18);1H. The third kappa shape index (κ3) is 4.80. The third-order valence-electron chi connectivity index (χ3n) is 2.89. The Kier molecular flexibility index (Phi) is 7.02. The van der Waals surface area contributed by atoms with Crippen LogP contribution < -0.4 is 11.1 Å². The fraction of sp³-hybridized carbons (Fsp3) is 0.400. The molecule has 2 rings (SSSR count). The third-order valence-corrected chi connectivity index (χ3v) is 3.90. The van der Waals surface area contributed by atoms with E-state index in [2.05, 4.69) is 53.8 Å². The summed E-state index contributed by atoms with van der Waals surface area (Å²) in [6.07, 6.45) is 0.974. The van der Waals surface area contributed by atoms with E-state index in [4.69, 9.17) is 5.73 Å². The Bertz CT molecular complexity index is 563. The molecule has 1 heterocycles. The molecule has 0 fully saturated rings. The molecule has 1 aromatic heterocycles. The van der Waals surface area contributed by atoms with Gasteiger partial charge in [-0.25, -0.2) is 0 Å². The van der Waals surface area contributed by atoms with E-state index in [-0.39, 0.29) is 17.0 Å². The van der Waals surface area contributed by atoms with Crippen LogP contribution in [0, 0.1) is 5.92 Å². The van der Waals surface area contributed by atoms with Crippen molar-refractivity contribution in [2.24, 2.45) is 16.6 Å². The number of fused-ring (bicyclic) bond motifs is 1. The van der Waals surface area contributed by atoms with Gasteiger partial charge in [0.2, 0.25) is 0 Å². The number of nitrogens with zero attached hydrogens (tertiary/aromatic N) is 1. The van der Waals surface area contributed by atoms with Crippen LogP contribution >= 0.6 is 28.3 Å². The number of aliphatic imine (C=N–C) groups is 1. The highest BCUT2D eigenvalue weighted by molar-refractivity contribution is 8.93. The molecule has 0 aliphatic carbocycles. The lowest BCUT2D eigenvalue weighted by Gasteiger charge is -2.06. The zero-order valence-corrected chi connectivity index (χ0v) is 14.5. The van der Waals surface area contributed by atoms with E-state index >= 15 is 0 Å². The van der Waals surface area contributed by atoms with Crippen LogP contribution in [0.1, 0.15) is 19.4 Å². The van der Waals surface area contributed by atoms with E-state index in [9.17, 15) is 0 Å². The van der Waals surface area contributed by atoms with Gasteiger partial charge in [0.1, 0.15) is 0 Å². The van der Waals surface area contributed by atoms with Crippen LogP contribution in [0.5, 0.6) is 0 Å². The molecule has 0 radical (unpaired) electrons. The smallest absolute Gasteiger partial charge is 0.188 e. The molecule has 110 valence electrons. The Hall–Kier alpha value is -1.07. The van der Waals surface area contributed by atoms with Crippen molar-refractivity contribution in [2.45, 2.75) is 20.3 Å². The lowest BCUT2D eigenvalue weighted by Crippen LogP contribution is -2.33. The van der Waals surface area contributed by atoms with E-state index in [1.807, 2.05) is 0 Å². The number of hydrogen-bond acceptors (Lipinski definition) is 2. The average Bonchev–Trinajstić information content (AvgIpc) is 2.80. The van der Waals surface area contributed by atoms with Crippen LogP contribution in [-0.2, 0) is 6.42 Å². The van der Waals surface area contributed by atoms with Crippen LogP contribution in [0.15, 0.2) is 34.6 Å². The minimum absolute atomic E-state index is 0. The minimum atomic E-state index is 0. The van der Waals surface area contributed by atoms with Gasteiger partial charge in [0, 0.05) is 17.8 Å². The highest BCUT2D eigenvalue weighted by atomic mass is 79.9. The molecule has 0 amide bonds. The number of thiophene rings is 1. The summed E-state index contributed by atoms with van der Waals surface area (Å²) in [5.41, 5.74) is 7.19. The van der Waals surface area contributed by atoms with Crippen molar-refractivity contribution in [1.82, 2.24) is 5.32 Å². The molecule has 3 nitrogen and oxygen atoms in total. The van der Waals surface area contributed by atoms with Gasteiger partial charge in [-0.2, -0.15) is 0 Å². The lowest BCUT2D eigenvalue weighted by atomic mass is 10.1. The predicted molar refractivity (Wildman–Crippen MR) is 95.2 cm³/mol. The maximum atomic E-state index is 5.82. The topological polar surface area (TPSA) is 50.4 Å². The van der Waals surface area contributed by atoms with E-state index in [1.165, 1.54) is 15.6 Å². The second-order valence-electron chi connectivity index (χ2n) is 5.05. The minimum Gasteiger partial charge on any atom is -0.370 e. The Morgan fingerprint density at radius 1 is 1.35 bits per heavy atom. The molecule has 2 aromatic rings. The van der Waals surface area contributed by atoms with Crippen LogP contribution in [0.4, 0.5) is 0 Å². The fourth-order valence-electron chi connectivity index (χ4n) is 1.89. The summed E-state index contributed by atoms with van der Waals surface area (Å²) in [5, 5.41) is 6.76. The van der Waals surface area contributed by atoms with Crippen molar-refractivity contribution in [1.29, 1.82) is 0 Å². The number of nitrogens with two attached hydrogens (primary N) is 1. The van der Waals surface area contributed by atoms with Crippen molar-refractivity contribution in [3.63, 3.8) is 0 Å². The van der Waals surface area contributed by atoms with E-state index in [1.54, 1.807) is 11.3 Å². The van der Waals surface area contributed by atoms with Crippen molar-refractivity contribution in [2.75, 3.05) is 13.1 Å². The van der Waals surface area contributed by atoms with Gasteiger partial charge >= 0.3 is 0 Å². The molecule has 1 aromatic carbocycles. The molecule has 3 N–H and O–H groups in total. The maximum absolute atomic E-state index is 5.82. The van der Waals surface area contributed by atoms with Gasteiger partial charge in [-0.3, -0.25) is 4.99 Å². The number of guanidine groups is 1. The molecule has 0 bridgehead atoms. The lowest BCUT2D eigenvalue weighted by molar-refractivity contribution is 0.661. The van der Waals surface area contributed by atoms with Crippen molar-refractivity contribution >= 4 is 44.4 Å². The first-order chi connectivity index (χ1) is 9.16. The molecule has 20 heavy (non-hydrogen) atoms. The molecule has 0 aliphatic rings. The molecule has 0 saturated heterocycles. The molecule has 0 atom stereocenters. The molecule has 0 unspecified atom stereocenters. The second-order valence-corrected chi connectivity index (χ2v) is 5.96. The zero-order chi connectivity index (χ0) is 13.7. The van der Waals surface area contributed by atoms with Gasteiger partial charge < -0.3 is 11.1 Å². The largest absolute Gasteiger partial charge is 0.370 e. The van der Waals surface area contributed by atoms with E-state index in [0.29, 0.717) is 11.9 Å². The number of hydrogen-bond donors (Lipinski definition) is 2. The van der Waals surface area contributed by atoms with Crippen molar-refractivity contribution in [3.8, 4) is 0 Å². The first kappa shape index (κ1) is 17.0. The van der Waals surface area contributed by atoms with Gasteiger partial charge in [0.25, 0.3) is 0 Å². The average molecular weight is 356 g/mol. The quantitative estimate of drug-likeness (QED) is 0.636. The van der Waals surface area contributed by atoms with Crippen LogP contribution in [0.2, 0.25) is 0 Å². The fourth-order valence-corrected chi connectivity index (χ4v) is 2.89. The number of benzene rings is 1. The summed E-state index contributed by atoms with van der Waals surface area (Å²) in [4.78, 5) is 4.29. The van der Waals surface area contributed by atoms with Crippen LogP contribution in [0.25, 0.3) is 10.1 Å². The predicted octanol–water partition coefficient (Wildman–Crippen LogP) is 3.58. The normalized spacial score (nSPS) is 11.7. The van der Waals surface area contributed by atoms with Gasteiger partial charge in [0.05, 0.1) is 0 Å². The summed E-state index contributed by atoms with van der Waals surface area (Å²) in [7, 11) is 0. The summed E-state index contributed by atoms with van der Waals surface area (Å²) in [5.74, 6) is 1.09. The SMILES string of the molecule is Br.CC(C)CN=C(N)NCCc1csc2ccccc12. The Morgan fingerprint density at radius 2 is 2.10 bits per heavy atom. The first-order valence-electron chi connectivity index (χ1n) is 6.65. The maximum Gasteiger partial charge on any atom is 0.188 e. The molecule has 0 spiro atoms. The highest BCUT2D eigenvalue weighted by Crippen LogP contribution is 2.25. The van der Waals surface area contributed by atoms with Crippen LogP contribution in [-0.4, -0.2) is 19.0 Å².